The van der Waals surface area contributed by atoms with Crippen molar-refractivity contribution in [1.82, 2.24) is 0 Å². The summed E-state index contributed by atoms with van der Waals surface area (Å²) in [5.74, 6) is -1.32. The summed E-state index contributed by atoms with van der Waals surface area (Å²) in [5.41, 5.74) is 4.88. The molecule has 0 spiro atoms. The van der Waals surface area contributed by atoms with Gasteiger partial charge in [0, 0.05) is 29.6 Å². The zero-order valence-corrected chi connectivity index (χ0v) is 7.97. The summed E-state index contributed by atoms with van der Waals surface area (Å²) in [6.45, 7) is -0.564. The summed E-state index contributed by atoms with van der Waals surface area (Å²) in [6.07, 6.45) is 0. The fourth-order valence-electron chi connectivity index (χ4n) is 0.283. The van der Waals surface area contributed by atoms with Crippen molar-refractivity contribution in [3.05, 3.63) is 5.21 Å². The van der Waals surface area contributed by atoms with E-state index < -0.39 is 18.6 Å². The minimum absolute atomic E-state index is 0. The average molecular weight is 172 g/mol. The van der Waals surface area contributed by atoms with Gasteiger partial charge in [-0.25, -0.2) is 0 Å². The average Bonchev–Trinajstić information content (AvgIpc) is 1.87. The first-order valence-corrected chi connectivity index (χ1v) is 2.36. The molecule has 0 aromatic rings. The van der Waals surface area contributed by atoms with Crippen molar-refractivity contribution in [3.8, 4) is 0 Å². The monoisotopic (exact) mass is 172 g/mol. The number of hydrogen-bond donors (Lipinski definition) is 3. The van der Waals surface area contributed by atoms with Crippen LogP contribution in [-0.2, 0) is 4.79 Å². The molecule has 0 fully saturated rings. The predicted octanol–water partition coefficient (Wildman–Crippen LogP) is -1.63. The van der Waals surface area contributed by atoms with Crippen LogP contribution in [0.2, 0.25) is 0 Å². The maximum atomic E-state index is 10.1. The van der Waals surface area contributed by atoms with Crippen molar-refractivity contribution >= 4 is 35.5 Å². The van der Waals surface area contributed by atoms with Crippen molar-refractivity contribution in [2.45, 2.75) is 6.04 Å². The van der Waals surface area contributed by atoms with E-state index in [1.807, 2.05) is 0 Å². The number of nitrogens with zero attached hydrogens (tertiary/aromatic N) is 2. The molecule has 4 N–H and O–H groups in total. The van der Waals surface area contributed by atoms with Gasteiger partial charge in [-0.2, -0.15) is 0 Å². The molecule has 0 saturated carbocycles. The van der Waals surface area contributed by atoms with Crippen molar-refractivity contribution in [2.24, 2.45) is 11.0 Å². The Morgan fingerprint density at radius 1 is 1.82 bits per heavy atom. The van der Waals surface area contributed by atoms with E-state index in [0.717, 1.165) is 0 Å². The smallest absolute Gasteiger partial charge is 0.327 e. The number of aliphatic carboxylic acids is 1. The van der Waals surface area contributed by atoms with Crippen LogP contribution in [0.1, 0.15) is 0 Å². The van der Waals surface area contributed by atoms with Gasteiger partial charge in [-0.05, 0) is 0 Å². The molecule has 0 heterocycles. The second kappa shape index (κ2) is 6.35. The first kappa shape index (κ1) is 13.2. The summed E-state index contributed by atoms with van der Waals surface area (Å²) in [7, 11) is 0. The van der Waals surface area contributed by atoms with Crippen LogP contribution in [-0.4, -0.2) is 63.3 Å². The second-order valence-electron chi connectivity index (χ2n) is 1.57. The van der Waals surface area contributed by atoms with Crippen molar-refractivity contribution in [3.63, 3.8) is 0 Å². The third kappa shape index (κ3) is 6.05. The van der Waals surface area contributed by atoms with Crippen LogP contribution in [0, 0.1) is 5.21 Å². The van der Waals surface area contributed by atoms with Gasteiger partial charge in [0.05, 0.1) is 0 Å². The molecule has 0 saturated heterocycles. The van der Waals surface area contributed by atoms with Gasteiger partial charge in [-0.15, -0.1) is 0 Å². The van der Waals surface area contributed by atoms with Gasteiger partial charge in [-0.3, -0.25) is 4.79 Å². The Morgan fingerprint density at radius 3 is 2.55 bits per heavy atom. The Labute approximate surface area is 84.3 Å². The normalized spacial score (nSPS) is 13.4. The van der Waals surface area contributed by atoms with Gasteiger partial charge in [0.1, 0.15) is 0 Å². The van der Waals surface area contributed by atoms with Gasteiger partial charge in [-0.1, -0.05) is 4.86 Å². The summed E-state index contributed by atoms with van der Waals surface area (Å²) in [4.78, 5) is 9.73. The maximum Gasteiger partial charge on any atom is 0.327 e. The number of nitrogens with two attached hydrogens (primary N) is 1. The molecular weight excluding hydrogens is 165 g/mol. The minimum atomic E-state index is -1.33. The molecule has 0 aromatic heterocycles. The van der Waals surface area contributed by atoms with Gasteiger partial charge < -0.3 is 21.3 Å². The Balaban J connectivity index is 0. The van der Waals surface area contributed by atoms with Gasteiger partial charge >= 0.3 is 5.97 Å². The van der Waals surface area contributed by atoms with Gasteiger partial charge in [0.25, 0.3) is 0 Å². The molecule has 0 amide bonds. The van der Waals surface area contributed by atoms with Gasteiger partial charge in [0.2, 0.25) is 6.54 Å². The molecule has 0 aromatic carbocycles. The van der Waals surface area contributed by atoms with Crippen LogP contribution in [0.25, 0.3) is 0 Å². The quantitative estimate of drug-likeness (QED) is 0.204. The SMILES string of the molecule is N[C@@H](C/[N+]([O-])=N/O)C(=O)O.[Na]. The molecule has 0 rings (SSSR count). The number of hydroxylamine groups is 1. The van der Waals surface area contributed by atoms with Crippen molar-refractivity contribution < 1.29 is 20.0 Å². The number of hydrogen-bond acceptors (Lipinski definition) is 4. The molecular formula is C3H7N3NaO4. The van der Waals surface area contributed by atoms with Crippen LogP contribution in [0.15, 0.2) is 5.28 Å². The zero-order valence-electron chi connectivity index (χ0n) is 5.97. The first-order valence-electron chi connectivity index (χ1n) is 2.36. The zero-order chi connectivity index (χ0) is 8.15. The second-order valence-corrected chi connectivity index (χ2v) is 1.57. The van der Waals surface area contributed by atoms with E-state index in [1.165, 1.54) is 0 Å². The molecule has 7 nitrogen and oxygen atoms in total. The van der Waals surface area contributed by atoms with E-state index in [-0.39, 0.29) is 34.4 Å². The van der Waals surface area contributed by atoms with Crippen LogP contribution in [0.4, 0.5) is 0 Å². The third-order valence-corrected chi connectivity index (χ3v) is 0.770. The molecule has 0 aliphatic carbocycles. The predicted molar refractivity (Wildman–Crippen MR) is 34.1 cm³/mol. The first-order chi connectivity index (χ1) is 4.57. The maximum absolute atomic E-state index is 10.1. The van der Waals surface area contributed by atoms with Crippen LogP contribution >= 0.6 is 0 Å². The van der Waals surface area contributed by atoms with E-state index in [2.05, 4.69) is 5.28 Å². The van der Waals surface area contributed by atoms with E-state index >= 15 is 0 Å². The molecule has 0 aliphatic heterocycles. The van der Waals surface area contributed by atoms with E-state index in [1.54, 1.807) is 0 Å². The number of carboxylic acid groups (broad SMARTS) is 1. The van der Waals surface area contributed by atoms with E-state index in [0.29, 0.717) is 0 Å². The molecule has 0 bridgehead atoms. The summed E-state index contributed by atoms with van der Waals surface area (Å²) < 4.78 is 0. The van der Waals surface area contributed by atoms with E-state index in [9.17, 15) is 10.0 Å². The molecule has 8 heteroatoms. The summed E-state index contributed by atoms with van der Waals surface area (Å²) in [6, 6.07) is -1.33. The Morgan fingerprint density at radius 2 is 2.27 bits per heavy atom. The number of rotatable bonds is 3. The minimum Gasteiger partial charge on any atom is -0.597 e. The largest absolute Gasteiger partial charge is 0.597 e. The van der Waals surface area contributed by atoms with Gasteiger partial charge in [0.15, 0.2) is 11.3 Å². The summed E-state index contributed by atoms with van der Waals surface area (Å²) >= 11 is 0. The standard InChI is InChI=1S/C3H7N3O4.Na/c4-2(3(7)8)1-6(10)5-9;/h2,9H,1,4H2,(H,7,8);/b6-5-;/t2-;/m0./s1. The van der Waals surface area contributed by atoms with Crippen LogP contribution < -0.4 is 5.73 Å². The Kier molecular flexibility index (Phi) is 7.64. The molecule has 59 valence electrons. The molecule has 0 aliphatic rings. The molecule has 0 unspecified atom stereocenters. The summed E-state index contributed by atoms with van der Waals surface area (Å²) in [5, 5.41) is 28.1. The fraction of sp³-hybridized carbons (Fsp3) is 0.667. The Hall–Kier alpha value is -0.370. The van der Waals surface area contributed by atoms with Crippen molar-refractivity contribution in [1.29, 1.82) is 0 Å². The molecule has 11 heavy (non-hydrogen) atoms. The topological polar surface area (TPSA) is 122 Å². The number of carboxylic acids is 1. The number of carbonyl (C=O) groups is 1. The Bertz CT molecular complexity index is 161. The molecule has 1 radical (unpaired) electrons. The van der Waals surface area contributed by atoms with Crippen molar-refractivity contribution in [2.75, 3.05) is 6.54 Å². The molecule has 1 atom stereocenters. The third-order valence-electron chi connectivity index (χ3n) is 0.770. The fourth-order valence-corrected chi connectivity index (χ4v) is 0.283. The van der Waals surface area contributed by atoms with Crippen LogP contribution in [0.5, 0.6) is 0 Å². The van der Waals surface area contributed by atoms with Crippen LogP contribution in [0.3, 0.4) is 0 Å². The van der Waals surface area contributed by atoms with E-state index in [4.69, 9.17) is 16.0 Å².